The maximum atomic E-state index is 10.0. The highest BCUT2D eigenvalue weighted by molar-refractivity contribution is 5.79. The van der Waals surface area contributed by atoms with Crippen LogP contribution in [0.25, 0.3) is 0 Å². The van der Waals surface area contributed by atoms with Crippen molar-refractivity contribution in [2.75, 3.05) is 58.0 Å². The van der Waals surface area contributed by atoms with E-state index < -0.39 is 30.5 Å². The number of nitrogens with two attached hydrogens (primary N) is 1. The maximum absolute atomic E-state index is 10.0. The molecule has 1 unspecified atom stereocenters. The first kappa shape index (κ1) is 101. The van der Waals surface area contributed by atoms with Crippen molar-refractivity contribution in [2.45, 2.75) is 322 Å². The fraction of sp³-hybridized carbons (Fsp3) is 0.634. The van der Waals surface area contributed by atoms with E-state index in [1.54, 1.807) is 6.92 Å². The zero-order chi connectivity index (χ0) is 84.5. The Morgan fingerprint density at radius 2 is 0.588 bits per heavy atom. The second-order valence-electron chi connectivity index (χ2n) is 34.4. The van der Waals surface area contributed by atoms with E-state index in [1.165, 1.54) is 64.2 Å². The monoisotopic (exact) mass is 1650 g/mol. The van der Waals surface area contributed by atoms with Crippen LogP contribution in [-0.2, 0) is 0 Å². The van der Waals surface area contributed by atoms with E-state index in [0.717, 1.165) is 248 Å². The number of hydrogen-bond donors (Lipinski definition) is 12. The van der Waals surface area contributed by atoms with Gasteiger partial charge in [0, 0.05) is 37.0 Å². The molecule has 0 spiro atoms. The number of benzene rings is 6. The van der Waals surface area contributed by atoms with E-state index in [2.05, 4.69) is 39.1 Å². The topological polar surface area (TPSA) is 299 Å². The molecule has 6 aliphatic rings. The smallest absolute Gasteiger partial charge is 0.121 e. The van der Waals surface area contributed by atoms with E-state index in [1.807, 2.05) is 140 Å². The van der Waals surface area contributed by atoms with E-state index in [0.29, 0.717) is 74.7 Å². The average molecular weight is 1650 g/mol. The van der Waals surface area contributed by atoms with Gasteiger partial charge in [0.1, 0.15) is 34.5 Å². The number of rotatable bonds is 36. The molecule has 0 bridgehead atoms. The third-order valence-electron chi connectivity index (χ3n) is 23.7. The largest absolute Gasteiger partial charge is 0.493 e. The Labute approximate surface area is 716 Å². The minimum Gasteiger partial charge on any atom is -0.493 e. The molecular weight excluding hydrogens is 1500 g/mol. The quantitative estimate of drug-likeness (QED) is 0.0163. The number of anilines is 1. The third kappa shape index (κ3) is 41.3. The van der Waals surface area contributed by atoms with Crippen molar-refractivity contribution in [2.24, 2.45) is 41.2 Å². The highest BCUT2D eigenvalue weighted by Crippen LogP contribution is 2.35. The molecule has 0 radical (unpaired) electrons. The van der Waals surface area contributed by atoms with Gasteiger partial charge in [-0.15, -0.1) is 0 Å². The fourth-order valence-corrected chi connectivity index (χ4v) is 16.8. The van der Waals surface area contributed by atoms with Crippen LogP contribution < -0.4 is 39.5 Å². The number of hydrogen-bond acceptors (Lipinski definition) is 18. The Kier molecular flexibility index (Phi) is 50.1. The van der Waals surface area contributed by atoms with E-state index in [-0.39, 0.29) is 31.8 Å². The van der Waals surface area contributed by atoms with Gasteiger partial charge in [-0.3, -0.25) is 0 Å². The normalized spacial score (nSPS) is 21.8. The molecule has 18 nitrogen and oxygen atoms in total. The number of aliphatic hydroxyl groups excluding tert-OH is 9. The van der Waals surface area contributed by atoms with Gasteiger partial charge in [0.2, 0.25) is 0 Å². The molecule has 12 rings (SSSR count). The first-order valence-corrected chi connectivity index (χ1v) is 45.8. The second-order valence-corrected chi connectivity index (χ2v) is 34.4. The standard InChI is InChI=1S/C17H25NO2.4C17H26O3.C15H24N2O.CH4/c1-13(18)10-17(19)15-8-5-9-16(11-15)20-12-14-6-3-2-4-7-14;4*1-2-5-17(19)14-7-4-9-16(11-14)20-12-13-6-3-8-15(18)10-13;16-9-10-17-14-7-4-8-15(11-14)18-12-13-5-2-1-3-6-13;/h5,8-9,11,14,17-19H,2-4,6-7,10,12H2,1H3;4*4,7,9,11,13,15,17-19H,2-3,5-6,8,10,12H2,1H3;4,7-8,11,13,17H,1-3,5-6,9-10,12,16H2;1H4/t;13-,15+,17+;13-,15+,17-;13-,15-,17+;13-,15-,17-;;/m.0101../s1. The summed E-state index contributed by atoms with van der Waals surface area (Å²) in [4.78, 5) is 0. The lowest BCUT2D eigenvalue weighted by atomic mass is 9.88. The zero-order valence-electron chi connectivity index (χ0n) is 72.5. The molecule has 0 heterocycles. The van der Waals surface area contributed by atoms with Crippen molar-refractivity contribution in [1.82, 2.24) is 0 Å². The molecule has 0 aromatic heterocycles. The molecule has 6 aromatic rings. The highest BCUT2D eigenvalue weighted by atomic mass is 16.5. The minimum atomic E-state index is -0.606. The van der Waals surface area contributed by atoms with Crippen LogP contribution in [0.1, 0.15) is 325 Å². The Morgan fingerprint density at radius 1 is 0.345 bits per heavy atom. The van der Waals surface area contributed by atoms with Crippen LogP contribution in [0.3, 0.4) is 0 Å². The molecule has 119 heavy (non-hydrogen) atoms. The number of ether oxygens (including phenoxy) is 6. The summed E-state index contributed by atoms with van der Waals surface area (Å²) in [6.45, 7) is 15.7. The van der Waals surface area contributed by atoms with Crippen molar-refractivity contribution in [3.8, 4) is 34.5 Å². The van der Waals surface area contributed by atoms with Gasteiger partial charge in [0.15, 0.2) is 0 Å². The summed E-state index contributed by atoms with van der Waals surface area (Å²) < 4.78 is 35.1. The van der Waals surface area contributed by atoms with E-state index in [4.69, 9.17) is 39.6 Å². The van der Waals surface area contributed by atoms with E-state index >= 15 is 0 Å². The number of aliphatic hydroxyl groups is 9. The molecule has 6 aliphatic carbocycles. The zero-order valence-corrected chi connectivity index (χ0v) is 72.5. The first-order chi connectivity index (χ1) is 57.3. The van der Waals surface area contributed by atoms with E-state index in [9.17, 15) is 46.0 Å². The molecule has 666 valence electrons. The summed E-state index contributed by atoms with van der Waals surface area (Å²) in [5.41, 5.74) is 11.6. The Balaban J connectivity index is 0.000000221. The lowest BCUT2D eigenvalue weighted by Crippen LogP contribution is -2.24. The SMILES string of the molecule is C.CC(=N)CC(O)c1cccc(OCC2CCCCC2)c1.CCC[C@@H](O)c1cccc(OC[C@@H]2CCC[C@@H](O)C2)c1.CCC[C@@H](O)c1cccc(OC[C@@H]2CCC[C@H](O)C2)c1.CCC[C@@H](O)c1cccc(OC[C@H]2CCC[C@@H](O)C2)c1.CCC[C@@H](O)c1cccc(OC[C@H]2CCC[C@H](O)C2)c1.NCCNc1cccc(OCC2CCCCC2)c1. The predicted molar refractivity (Wildman–Crippen MR) is 483 cm³/mol. The molecule has 0 saturated heterocycles. The lowest BCUT2D eigenvalue weighted by molar-refractivity contribution is 0.0807. The summed E-state index contributed by atoms with van der Waals surface area (Å²) in [5.74, 6) is 8.28. The van der Waals surface area contributed by atoms with Crippen molar-refractivity contribution in [1.29, 1.82) is 5.41 Å². The third-order valence-corrected chi connectivity index (χ3v) is 23.7. The molecule has 6 fully saturated rings. The van der Waals surface area contributed by atoms with Gasteiger partial charge in [-0.05, 0) is 271 Å². The highest BCUT2D eigenvalue weighted by Gasteiger charge is 2.26. The van der Waals surface area contributed by atoms with Crippen LogP contribution in [0.15, 0.2) is 146 Å². The molecule has 18 heteroatoms. The first-order valence-electron chi connectivity index (χ1n) is 45.8. The molecule has 6 saturated carbocycles. The summed E-state index contributed by atoms with van der Waals surface area (Å²) in [6, 6.07) is 46.7. The molecule has 6 aromatic carbocycles. The van der Waals surface area contributed by atoms with Crippen LogP contribution in [0.5, 0.6) is 34.5 Å². The second kappa shape index (κ2) is 59.1. The fourth-order valence-electron chi connectivity index (χ4n) is 16.8. The van der Waals surface area contributed by atoms with Crippen LogP contribution >= 0.6 is 0 Å². The van der Waals surface area contributed by atoms with Gasteiger partial charge in [-0.1, -0.05) is 192 Å². The Morgan fingerprint density at radius 3 is 0.840 bits per heavy atom. The number of nitrogens with one attached hydrogen (secondary N) is 2. The molecular formula is C101H157N3O15. The summed E-state index contributed by atoms with van der Waals surface area (Å²) in [6.07, 6.45) is 33.8. The van der Waals surface area contributed by atoms with Gasteiger partial charge >= 0.3 is 0 Å². The van der Waals surface area contributed by atoms with Gasteiger partial charge < -0.3 is 90.8 Å². The molecule has 0 aliphatic heterocycles. The van der Waals surface area contributed by atoms with Crippen molar-refractivity contribution < 1.29 is 74.4 Å². The summed E-state index contributed by atoms with van der Waals surface area (Å²) in [7, 11) is 0. The van der Waals surface area contributed by atoms with Gasteiger partial charge in [-0.25, -0.2) is 0 Å². The van der Waals surface area contributed by atoms with Crippen molar-refractivity contribution >= 4 is 11.4 Å². The lowest BCUT2D eigenvalue weighted by Gasteiger charge is -2.25. The van der Waals surface area contributed by atoms with Gasteiger partial charge in [-0.2, -0.15) is 0 Å². The maximum Gasteiger partial charge on any atom is 0.121 e. The van der Waals surface area contributed by atoms with Crippen LogP contribution in [-0.4, -0.2) is 129 Å². The van der Waals surface area contributed by atoms with Crippen LogP contribution in [0, 0.1) is 40.9 Å². The Hall–Kier alpha value is -6.81. The van der Waals surface area contributed by atoms with Gasteiger partial charge in [0.05, 0.1) is 94.6 Å². The molecule has 13 atom stereocenters. The van der Waals surface area contributed by atoms with Crippen LogP contribution in [0.4, 0.5) is 5.69 Å². The minimum absolute atomic E-state index is 0. The molecule has 13 N–H and O–H groups in total. The Bertz CT molecular complexity index is 3300. The molecule has 0 amide bonds. The van der Waals surface area contributed by atoms with Crippen molar-refractivity contribution in [3.63, 3.8) is 0 Å². The average Bonchev–Trinajstić information content (AvgIpc) is 0.881. The summed E-state index contributed by atoms with van der Waals surface area (Å²) in [5, 5.41) is 99.4. The van der Waals surface area contributed by atoms with Crippen molar-refractivity contribution in [3.05, 3.63) is 173 Å². The summed E-state index contributed by atoms with van der Waals surface area (Å²) >= 11 is 0. The van der Waals surface area contributed by atoms with Crippen LogP contribution in [0.2, 0.25) is 0 Å². The van der Waals surface area contributed by atoms with Gasteiger partial charge in [0.25, 0.3) is 0 Å². The predicted octanol–water partition coefficient (Wildman–Crippen LogP) is 21.6.